The Morgan fingerprint density at radius 2 is 1.38 bits per heavy atom. The normalized spacial score (nSPS) is 10.6. The number of carbonyl (C=O) groups excluding carboxylic acids is 1. The lowest BCUT2D eigenvalue weighted by Gasteiger charge is -2.01. The average Bonchev–Trinajstić information content (AvgIpc) is 3.07. The molecule has 0 atom stereocenters. The molecule has 3 aromatic carbocycles. The van der Waals surface area contributed by atoms with E-state index in [2.05, 4.69) is 90.2 Å². The molecule has 148 valence electrons. The van der Waals surface area contributed by atoms with Crippen molar-refractivity contribution in [1.82, 2.24) is 0 Å². The van der Waals surface area contributed by atoms with Crippen LogP contribution >= 0.6 is 10.5 Å². The summed E-state index contributed by atoms with van der Waals surface area (Å²) in [6, 6.07) is 28.4. The van der Waals surface area contributed by atoms with Gasteiger partial charge in [-0.1, -0.05) is 49.0 Å². The van der Waals surface area contributed by atoms with Crippen molar-refractivity contribution in [1.29, 1.82) is 0 Å². The summed E-state index contributed by atoms with van der Waals surface area (Å²) in [6.07, 6.45) is -2.61. The molecule has 0 aliphatic heterocycles. The van der Waals surface area contributed by atoms with Crippen LogP contribution in [0.4, 0.5) is 8.78 Å². The van der Waals surface area contributed by atoms with Gasteiger partial charge in [-0.2, -0.15) is 0 Å². The van der Waals surface area contributed by atoms with Gasteiger partial charge in [-0.15, -0.1) is 0 Å². The maximum Gasteiger partial charge on any atom is 0.333 e. The van der Waals surface area contributed by atoms with Gasteiger partial charge in [-0.25, -0.2) is 13.6 Å². The number of halogens is 2. The third-order valence-corrected chi connectivity index (χ3v) is 6.51. The van der Waals surface area contributed by atoms with Crippen molar-refractivity contribution in [2.24, 2.45) is 0 Å². The predicted octanol–water partition coefficient (Wildman–Crippen LogP) is 7.10. The Balaban J connectivity index is 0.000000207. The van der Waals surface area contributed by atoms with Gasteiger partial charge in [0.15, 0.2) is 20.9 Å². The van der Waals surface area contributed by atoms with Crippen molar-refractivity contribution >= 4 is 36.6 Å². The van der Waals surface area contributed by atoms with E-state index >= 15 is 0 Å². The highest BCUT2D eigenvalue weighted by Gasteiger charge is 2.22. The zero-order valence-electron chi connectivity index (χ0n) is 16.0. The van der Waals surface area contributed by atoms with Crippen LogP contribution < -0.4 is 0 Å². The molecule has 5 heteroatoms. The standard InChI is InChI=1S/C18H13S.C6H8F2O2/c1-2-8-14(9-3-1)19-17-12-6-4-10-15(17)16-11-5-7-13-18(16)19;1-4(2)6(9)10-3-5(7)8/h1-13H;5H,1,3H2,2H3/q+1;. The van der Waals surface area contributed by atoms with Crippen LogP contribution in [0.2, 0.25) is 0 Å². The Bertz CT molecular complexity index is 1080. The Morgan fingerprint density at radius 3 is 1.86 bits per heavy atom. The number of hydrogen-bond donors (Lipinski definition) is 0. The van der Waals surface area contributed by atoms with E-state index < -0.39 is 19.0 Å². The van der Waals surface area contributed by atoms with Crippen molar-refractivity contribution < 1.29 is 18.3 Å². The number of fused-ring (bicyclic) bond motifs is 3. The first-order valence-electron chi connectivity index (χ1n) is 9.07. The first-order chi connectivity index (χ1) is 14.0. The van der Waals surface area contributed by atoms with Gasteiger partial charge in [0.05, 0.1) is 0 Å². The van der Waals surface area contributed by atoms with Gasteiger partial charge in [-0.05, 0) is 43.3 Å². The van der Waals surface area contributed by atoms with E-state index in [-0.39, 0.29) is 16.0 Å². The minimum Gasteiger partial charge on any atom is -0.456 e. The largest absolute Gasteiger partial charge is 0.456 e. The molecule has 0 N–H and O–H groups in total. The van der Waals surface area contributed by atoms with Gasteiger partial charge in [0.2, 0.25) is 0 Å². The molecule has 1 aromatic heterocycles. The van der Waals surface area contributed by atoms with Crippen molar-refractivity contribution in [3.63, 3.8) is 0 Å². The number of benzene rings is 3. The van der Waals surface area contributed by atoms with Crippen LogP contribution in [-0.4, -0.2) is 19.0 Å². The number of rotatable bonds is 4. The lowest BCUT2D eigenvalue weighted by molar-refractivity contribution is -0.142. The van der Waals surface area contributed by atoms with Crippen LogP contribution in [0, 0.1) is 0 Å². The molecule has 0 amide bonds. The molecule has 2 nitrogen and oxygen atoms in total. The molecule has 0 spiro atoms. The third kappa shape index (κ3) is 4.87. The van der Waals surface area contributed by atoms with Gasteiger partial charge in [-0.3, -0.25) is 0 Å². The summed E-state index contributed by atoms with van der Waals surface area (Å²) >= 11 is 0. The van der Waals surface area contributed by atoms with E-state index in [4.69, 9.17) is 0 Å². The molecule has 0 saturated heterocycles. The van der Waals surface area contributed by atoms with Crippen LogP contribution in [0.3, 0.4) is 0 Å². The van der Waals surface area contributed by atoms with Crippen molar-refractivity contribution in [2.75, 3.05) is 6.61 Å². The second-order valence-corrected chi connectivity index (χ2v) is 8.34. The highest BCUT2D eigenvalue weighted by molar-refractivity contribution is 7.50. The average molecular weight is 411 g/mol. The third-order valence-electron chi connectivity index (χ3n) is 4.17. The minimum absolute atomic E-state index is 0.0594. The first kappa shape index (κ1) is 20.7. The predicted molar refractivity (Wildman–Crippen MR) is 117 cm³/mol. The number of ether oxygens (including phenoxy) is 1. The summed E-state index contributed by atoms with van der Waals surface area (Å²) in [7, 11) is 0.0594. The second-order valence-electron chi connectivity index (χ2n) is 6.38. The Kier molecular flexibility index (Phi) is 6.73. The molecule has 4 aromatic rings. The lowest BCUT2D eigenvalue weighted by Crippen LogP contribution is -2.11. The Morgan fingerprint density at radius 1 is 0.897 bits per heavy atom. The minimum atomic E-state index is -2.61. The molecular weight excluding hydrogens is 390 g/mol. The summed E-state index contributed by atoms with van der Waals surface area (Å²) in [4.78, 5) is 11.8. The summed E-state index contributed by atoms with van der Waals surface area (Å²) in [5.74, 6) is -0.777. The number of carbonyl (C=O) groups is 1. The molecule has 0 unspecified atom stereocenters. The van der Waals surface area contributed by atoms with Crippen LogP contribution in [0.15, 0.2) is 91.0 Å². The molecule has 1 heterocycles. The summed E-state index contributed by atoms with van der Waals surface area (Å²) in [6.45, 7) is 3.75. The second kappa shape index (κ2) is 9.43. The number of alkyl halides is 2. The van der Waals surface area contributed by atoms with E-state index in [0.717, 1.165) is 0 Å². The molecule has 0 aliphatic carbocycles. The summed E-state index contributed by atoms with van der Waals surface area (Å²) in [5, 5.41) is 2.79. The number of hydrogen-bond acceptors (Lipinski definition) is 2. The zero-order valence-corrected chi connectivity index (χ0v) is 16.8. The van der Waals surface area contributed by atoms with E-state index in [1.807, 2.05) is 0 Å². The van der Waals surface area contributed by atoms with E-state index in [0.29, 0.717) is 0 Å². The van der Waals surface area contributed by atoms with Crippen molar-refractivity contribution in [3.8, 4) is 4.90 Å². The molecular formula is C24H21F2O2S+. The molecule has 0 saturated carbocycles. The summed E-state index contributed by atoms with van der Waals surface area (Å²) < 4.78 is 29.7. The zero-order chi connectivity index (χ0) is 20.8. The van der Waals surface area contributed by atoms with E-state index in [9.17, 15) is 13.6 Å². The monoisotopic (exact) mass is 411 g/mol. The van der Waals surface area contributed by atoms with E-state index in [1.165, 1.54) is 32.0 Å². The van der Waals surface area contributed by atoms with Gasteiger partial charge >= 0.3 is 5.97 Å². The van der Waals surface area contributed by atoms with Gasteiger partial charge < -0.3 is 4.74 Å². The quantitative estimate of drug-likeness (QED) is 0.203. The van der Waals surface area contributed by atoms with Crippen LogP contribution in [-0.2, 0) is 9.53 Å². The molecule has 0 bridgehead atoms. The van der Waals surface area contributed by atoms with Gasteiger partial charge in [0.1, 0.15) is 0 Å². The topological polar surface area (TPSA) is 26.3 Å². The maximum atomic E-state index is 11.4. The van der Waals surface area contributed by atoms with Crippen LogP contribution in [0.25, 0.3) is 25.1 Å². The molecule has 29 heavy (non-hydrogen) atoms. The van der Waals surface area contributed by atoms with Crippen LogP contribution in [0.5, 0.6) is 0 Å². The fraction of sp³-hybridized carbons (Fsp3) is 0.125. The fourth-order valence-corrected chi connectivity index (χ4v) is 5.32. The number of thiophene rings is 1. The van der Waals surface area contributed by atoms with Gasteiger partial charge in [0, 0.05) is 26.8 Å². The van der Waals surface area contributed by atoms with E-state index in [1.54, 1.807) is 0 Å². The smallest absolute Gasteiger partial charge is 0.333 e. The van der Waals surface area contributed by atoms with Crippen molar-refractivity contribution in [2.45, 2.75) is 13.3 Å². The Hall–Kier alpha value is -3.05. The van der Waals surface area contributed by atoms with Gasteiger partial charge in [0.25, 0.3) is 6.43 Å². The molecule has 0 radical (unpaired) electrons. The molecule has 0 aliphatic rings. The molecule has 0 fully saturated rings. The highest BCUT2D eigenvalue weighted by Crippen LogP contribution is 2.47. The fourth-order valence-electron chi connectivity index (χ4n) is 2.93. The highest BCUT2D eigenvalue weighted by atomic mass is 32.2. The number of esters is 1. The lowest BCUT2D eigenvalue weighted by atomic mass is 10.2. The summed E-state index contributed by atoms with van der Waals surface area (Å²) in [5.41, 5.74) is 0.126. The SMILES string of the molecule is C=C(C)C(=O)OCC(F)F.c1ccc(-[s+]2c3ccccc3c3ccccc32)cc1. The Labute approximate surface area is 171 Å². The molecule has 4 rings (SSSR count). The van der Waals surface area contributed by atoms with Crippen LogP contribution in [0.1, 0.15) is 6.92 Å². The maximum absolute atomic E-state index is 11.4. The van der Waals surface area contributed by atoms with Crippen molar-refractivity contribution in [3.05, 3.63) is 91.0 Å². The first-order valence-corrected chi connectivity index (χ1v) is 10.3.